The number of rotatable bonds is 1. The van der Waals surface area contributed by atoms with E-state index in [-0.39, 0.29) is 13.0 Å². The fraction of sp³-hybridized carbons (Fsp3) is 0.750. The molecule has 76 valence electrons. The van der Waals surface area contributed by atoms with Crippen LogP contribution < -0.4 is 0 Å². The predicted molar refractivity (Wildman–Crippen MR) is 40.2 cm³/mol. The number of ether oxygens (including phenoxy) is 1. The van der Waals surface area contributed by atoms with Gasteiger partial charge in [0, 0.05) is 13.0 Å². The molecule has 0 aromatic rings. The lowest BCUT2D eigenvalue weighted by molar-refractivity contribution is -0.122. The third-order valence-electron chi connectivity index (χ3n) is 2.01. The van der Waals surface area contributed by atoms with Crippen LogP contribution in [-0.4, -0.2) is 30.1 Å². The Morgan fingerprint density at radius 2 is 2.08 bits per heavy atom. The summed E-state index contributed by atoms with van der Waals surface area (Å²) in [4.78, 5) is 0. The molecule has 2 atom stereocenters. The van der Waals surface area contributed by atoms with Gasteiger partial charge in [-0.2, -0.15) is 13.2 Å². The number of aliphatic hydroxyl groups excluding tert-OH is 1. The standard InChI is InChI=1S/C8H11F3O2/c1-5(8(9,10)11)7-4-6(12)2-3-13-7/h6-7,12H,1-4H2. The topological polar surface area (TPSA) is 29.5 Å². The molecule has 1 saturated heterocycles. The zero-order chi connectivity index (χ0) is 10.1. The second-order valence-corrected chi connectivity index (χ2v) is 3.06. The van der Waals surface area contributed by atoms with Crippen LogP contribution in [0, 0.1) is 0 Å². The van der Waals surface area contributed by atoms with Gasteiger partial charge in [0.2, 0.25) is 0 Å². The van der Waals surface area contributed by atoms with Gasteiger partial charge >= 0.3 is 6.18 Å². The van der Waals surface area contributed by atoms with Crippen LogP contribution in [0.3, 0.4) is 0 Å². The lowest BCUT2D eigenvalue weighted by atomic mass is 10.0. The summed E-state index contributed by atoms with van der Waals surface area (Å²) >= 11 is 0. The van der Waals surface area contributed by atoms with Crippen molar-refractivity contribution in [2.75, 3.05) is 6.61 Å². The summed E-state index contributed by atoms with van der Waals surface area (Å²) in [6.45, 7) is 3.08. The van der Waals surface area contributed by atoms with Crippen LogP contribution in [0.15, 0.2) is 12.2 Å². The van der Waals surface area contributed by atoms with Gasteiger partial charge < -0.3 is 9.84 Å². The Kier molecular flexibility index (Phi) is 2.98. The molecule has 13 heavy (non-hydrogen) atoms. The second kappa shape index (κ2) is 3.67. The van der Waals surface area contributed by atoms with Crippen LogP contribution in [0.4, 0.5) is 13.2 Å². The summed E-state index contributed by atoms with van der Waals surface area (Å²) < 4.78 is 41.2. The zero-order valence-corrected chi connectivity index (χ0v) is 6.97. The number of halogens is 3. The van der Waals surface area contributed by atoms with Crippen molar-refractivity contribution in [3.8, 4) is 0 Å². The van der Waals surface area contributed by atoms with Crippen LogP contribution in [0.2, 0.25) is 0 Å². The van der Waals surface area contributed by atoms with Gasteiger partial charge in [-0.3, -0.25) is 0 Å². The van der Waals surface area contributed by atoms with Gasteiger partial charge in [-0.15, -0.1) is 0 Å². The summed E-state index contributed by atoms with van der Waals surface area (Å²) in [6, 6.07) is 0. The van der Waals surface area contributed by atoms with Crippen LogP contribution in [0.5, 0.6) is 0 Å². The molecular formula is C8H11F3O2. The lowest BCUT2D eigenvalue weighted by Crippen LogP contribution is -2.34. The fourth-order valence-electron chi connectivity index (χ4n) is 1.20. The van der Waals surface area contributed by atoms with Crippen LogP contribution in [0.25, 0.3) is 0 Å². The van der Waals surface area contributed by atoms with Crippen LogP contribution in [-0.2, 0) is 4.74 Å². The smallest absolute Gasteiger partial charge is 0.393 e. The van der Waals surface area contributed by atoms with Gasteiger partial charge in [0.15, 0.2) is 0 Å². The minimum absolute atomic E-state index is 0.0155. The third-order valence-corrected chi connectivity index (χ3v) is 2.01. The Hall–Kier alpha value is -0.550. The molecule has 1 fully saturated rings. The first-order valence-electron chi connectivity index (χ1n) is 3.97. The molecule has 0 aromatic carbocycles. The van der Waals surface area contributed by atoms with Crippen molar-refractivity contribution in [1.29, 1.82) is 0 Å². The molecule has 2 nitrogen and oxygen atoms in total. The molecule has 0 spiro atoms. The molecule has 1 N–H and O–H groups in total. The second-order valence-electron chi connectivity index (χ2n) is 3.06. The van der Waals surface area contributed by atoms with E-state index in [1.807, 2.05) is 0 Å². The van der Waals surface area contributed by atoms with E-state index in [0.29, 0.717) is 6.42 Å². The molecule has 0 amide bonds. The van der Waals surface area contributed by atoms with E-state index in [9.17, 15) is 13.2 Å². The molecular weight excluding hydrogens is 185 g/mol. The Labute approximate surface area is 74.0 Å². The Balaban J connectivity index is 2.56. The van der Waals surface area contributed by atoms with E-state index in [2.05, 4.69) is 6.58 Å². The number of alkyl halides is 3. The summed E-state index contributed by atoms with van der Waals surface area (Å²) in [7, 11) is 0. The molecule has 0 radical (unpaired) electrons. The highest BCUT2D eigenvalue weighted by molar-refractivity contribution is 5.10. The van der Waals surface area contributed by atoms with Crippen molar-refractivity contribution in [2.24, 2.45) is 0 Å². The molecule has 0 bridgehead atoms. The van der Waals surface area contributed by atoms with Crippen LogP contribution >= 0.6 is 0 Å². The summed E-state index contributed by atoms with van der Waals surface area (Å²) in [5.41, 5.74) is -0.911. The monoisotopic (exact) mass is 196 g/mol. The molecule has 0 aliphatic carbocycles. The van der Waals surface area contributed by atoms with E-state index in [1.54, 1.807) is 0 Å². The maximum Gasteiger partial charge on any atom is 0.414 e. The van der Waals surface area contributed by atoms with Crippen molar-refractivity contribution in [1.82, 2.24) is 0 Å². The van der Waals surface area contributed by atoms with E-state index in [4.69, 9.17) is 9.84 Å². The first kappa shape index (κ1) is 10.5. The quantitative estimate of drug-likeness (QED) is 0.646. The summed E-state index contributed by atoms with van der Waals surface area (Å²) in [5, 5.41) is 9.11. The number of hydrogen-bond donors (Lipinski definition) is 1. The van der Waals surface area contributed by atoms with E-state index >= 15 is 0 Å². The molecule has 1 aliphatic rings. The number of hydrogen-bond acceptors (Lipinski definition) is 2. The normalized spacial score (nSPS) is 30.2. The average molecular weight is 196 g/mol. The minimum atomic E-state index is -4.43. The molecule has 1 aliphatic heterocycles. The third kappa shape index (κ3) is 2.70. The van der Waals surface area contributed by atoms with Crippen molar-refractivity contribution >= 4 is 0 Å². The zero-order valence-electron chi connectivity index (χ0n) is 6.97. The first-order chi connectivity index (χ1) is 5.91. The highest BCUT2D eigenvalue weighted by Crippen LogP contribution is 2.31. The van der Waals surface area contributed by atoms with Crippen molar-refractivity contribution in [3.63, 3.8) is 0 Å². The van der Waals surface area contributed by atoms with Gasteiger partial charge in [0.1, 0.15) is 0 Å². The highest BCUT2D eigenvalue weighted by Gasteiger charge is 2.39. The van der Waals surface area contributed by atoms with E-state index in [1.165, 1.54) is 0 Å². The number of aliphatic hydroxyl groups is 1. The Morgan fingerprint density at radius 1 is 1.46 bits per heavy atom. The SMILES string of the molecule is C=C(C1CC(O)CCO1)C(F)(F)F. The molecule has 0 aromatic heterocycles. The molecule has 0 saturated carbocycles. The Morgan fingerprint density at radius 3 is 2.54 bits per heavy atom. The van der Waals surface area contributed by atoms with E-state index in [0.717, 1.165) is 0 Å². The highest BCUT2D eigenvalue weighted by atomic mass is 19.4. The van der Waals surface area contributed by atoms with Gasteiger partial charge in [0.05, 0.1) is 17.8 Å². The maximum atomic E-state index is 12.1. The largest absolute Gasteiger partial charge is 0.414 e. The van der Waals surface area contributed by atoms with Gasteiger partial charge in [-0.05, 0) is 6.42 Å². The lowest BCUT2D eigenvalue weighted by Gasteiger charge is -2.28. The predicted octanol–water partition coefficient (Wildman–Crippen LogP) is 1.64. The Bertz CT molecular complexity index is 200. The first-order valence-corrected chi connectivity index (χ1v) is 3.97. The fourth-order valence-corrected chi connectivity index (χ4v) is 1.20. The summed E-state index contributed by atoms with van der Waals surface area (Å²) in [5.74, 6) is 0. The van der Waals surface area contributed by atoms with Gasteiger partial charge in [-0.1, -0.05) is 6.58 Å². The molecule has 5 heteroatoms. The molecule has 2 unspecified atom stereocenters. The summed E-state index contributed by atoms with van der Waals surface area (Å²) in [6.07, 6.45) is -5.84. The van der Waals surface area contributed by atoms with Crippen LogP contribution in [0.1, 0.15) is 12.8 Å². The minimum Gasteiger partial charge on any atom is -0.393 e. The maximum absolute atomic E-state index is 12.1. The van der Waals surface area contributed by atoms with Gasteiger partial charge in [0.25, 0.3) is 0 Å². The molecule has 1 rings (SSSR count). The molecule has 1 heterocycles. The average Bonchev–Trinajstić information content (AvgIpc) is 2.01. The van der Waals surface area contributed by atoms with E-state index < -0.39 is 24.0 Å². The van der Waals surface area contributed by atoms with Crippen molar-refractivity contribution in [2.45, 2.75) is 31.2 Å². The van der Waals surface area contributed by atoms with Crippen molar-refractivity contribution < 1.29 is 23.0 Å². The van der Waals surface area contributed by atoms with Crippen molar-refractivity contribution in [3.05, 3.63) is 12.2 Å². The van der Waals surface area contributed by atoms with Gasteiger partial charge in [-0.25, -0.2) is 0 Å².